The normalized spacial score (nSPS) is 12.5. The van der Waals surface area contributed by atoms with Crippen LogP contribution in [0.25, 0.3) is 0 Å². The average molecular weight is 253 g/mol. The second-order valence-corrected chi connectivity index (χ2v) is 4.50. The molecule has 2 aromatic rings. The molecule has 0 amide bonds. The average Bonchev–Trinajstić information content (AvgIpc) is 2.93. The third-order valence-electron chi connectivity index (χ3n) is 2.62. The molecule has 0 saturated carbocycles. The monoisotopic (exact) mass is 253 g/mol. The van der Waals surface area contributed by atoms with E-state index in [-0.39, 0.29) is 6.04 Å². The topological polar surface area (TPSA) is 62.3 Å². The van der Waals surface area contributed by atoms with E-state index < -0.39 is 0 Å². The zero-order valence-electron chi connectivity index (χ0n) is 10.0. The predicted octanol–water partition coefficient (Wildman–Crippen LogP) is 1.55. The van der Waals surface area contributed by atoms with Gasteiger partial charge in [0.1, 0.15) is 11.4 Å². The number of thiophene rings is 1. The van der Waals surface area contributed by atoms with Crippen molar-refractivity contribution in [3.8, 4) is 11.5 Å². The molecule has 0 aliphatic heterocycles. The van der Waals surface area contributed by atoms with E-state index in [2.05, 4.69) is 5.10 Å². The van der Waals surface area contributed by atoms with Gasteiger partial charge in [-0.05, 0) is 11.4 Å². The molecule has 2 N–H and O–H groups in total. The Bertz CT molecular complexity index is 507. The molecule has 92 valence electrons. The highest BCUT2D eigenvalue weighted by atomic mass is 32.1. The molecule has 5 nitrogen and oxygen atoms in total. The van der Waals surface area contributed by atoms with Crippen LogP contribution in [0.4, 0.5) is 0 Å². The molecule has 0 aliphatic carbocycles. The van der Waals surface area contributed by atoms with Crippen molar-refractivity contribution in [2.24, 2.45) is 12.8 Å². The number of rotatable bonds is 4. The third-order valence-corrected chi connectivity index (χ3v) is 3.60. The Labute approximate surface area is 104 Å². The summed E-state index contributed by atoms with van der Waals surface area (Å²) in [7, 11) is 5.09. The van der Waals surface area contributed by atoms with Crippen molar-refractivity contribution in [3.05, 3.63) is 28.2 Å². The molecular formula is C11H15N3O2S. The van der Waals surface area contributed by atoms with Crippen LogP contribution in [0, 0.1) is 0 Å². The molecule has 0 aliphatic rings. The van der Waals surface area contributed by atoms with Gasteiger partial charge in [0.15, 0.2) is 5.75 Å². The van der Waals surface area contributed by atoms with Gasteiger partial charge in [0.05, 0.1) is 31.3 Å². The van der Waals surface area contributed by atoms with E-state index in [1.165, 1.54) is 0 Å². The Balaban J connectivity index is 2.43. The van der Waals surface area contributed by atoms with Crippen LogP contribution in [0.3, 0.4) is 0 Å². The Hall–Kier alpha value is -1.53. The first-order chi connectivity index (χ1) is 8.19. The lowest BCUT2D eigenvalue weighted by atomic mass is 10.1. The quantitative estimate of drug-likeness (QED) is 0.898. The summed E-state index contributed by atoms with van der Waals surface area (Å²) in [6.07, 6.45) is 1.66. The molecule has 0 radical (unpaired) electrons. The van der Waals surface area contributed by atoms with Gasteiger partial charge in [0.2, 0.25) is 0 Å². The lowest BCUT2D eigenvalue weighted by Gasteiger charge is -2.14. The lowest BCUT2D eigenvalue weighted by molar-refractivity contribution is 0.400. The summed E-state index contributed by atoms with van der Waals surface area (Å²) in [4.78, 5) is 0.967. The predicted molar refractivity (Wildman–Crippen MR) is 66.7 cm³/mol. The number of hydrogen-bond donors (Lipinski definition) is 1. The summed E-state index contributed by atoms with van der Waals surface area (Å²) in [6.45, 7) is 0. The van der Waals surface area contributed by atoms with E-state index in [1.54, 1.807) is 36.4 Å². The number of methoxy groups -OCH3 is 2. The summed E-state index contributed by atoms with van der Waals surface area (Å²) >= 11 is 1.56. The van der Waals surface area contributed by atoms with Gasteiger partial charge in [-0.25, -0.2) is 0 Å². The van der Waals surface area contributed by atoms with Crippen molar-refractivity contribution in [1.82, 2.24) is 9.78 Å². The Morgan fingerprint density at radius 2 is 2.06 bits per heavy atom. The van der Waals surface area contributed by atoms with E-state index >= 15 is 0 Å². The molecule has 0 bridgehead atoms. The molecule has 17 heavy (non-hydrogen) atoms. The van der Waals surface area contributed by atoms with Crippen molar-refractivity contribution >= 4 is 11.3 Å². The molecule has 1 unspecified atom stereocenters. The molecule has 0 aromatic carbocycles. The number of aryl methyl sites for hydroxylation is 1. The van der Waals surface area contributed by atoms with E-state index in [0.717, 1.165) is 16.3 Å². The Kier molecular flexibility index (Phi) is 3.35. The first-order valence-corrected chi connectivity index (χ1v) is 5.99. The first kappa shape index (κ1) is 11.9. The fraction of sp³-hybridized carbons (Fsp3) is 0.364. The van der Waals surface area contributed by atoms with Crippen molar-refractivity contribution in [1.29, 1.82) is 0 Å². The number of nitrogens with two attached hydrogens (primary N) is 1. The zero-order chi connectivity index (χ0) is 12.4. The minimum absolute atomic E-state index is 0.299. The Morgan fingerprint density at radius 3 is 2.71 bits per heavy atom. The fourth-order valence-corrected chi connectivity index (χ4v) is 2.63. The van der Waals surface area contributed by atoms with Crippen molar-refractivity contribution < 1.29 is 9.47 Å². The van der Waals surface area contributed by atoms with Crippen molar-refractivity contribution in [2.45, 2.75) is 6.04 Å². The smallest absolute Gasteiger partial charge is 0.161 e. The summed E-state index contributed by atoms with van der Waals surface area (Å²) in [5, 5.41) is 6.10. The van der Waals surface area contributed by atoms with Crippen molar-refractivity contribution in [2.75, 3.05) is 14.2 Å². The van der Waals surface area contributed by atoms with Crippen LogP contribution in [0.2, 0.25) is 0 Å². The van der Waals surface area contributed by atoms with E-state index in [9.17, 15) is 0 Å². The highest BCUT2D eigenvalue weighted by Gasteiger charge is 2.22. The maximum absolute atomic E-state index is 6.25. The van der Waals surface area contributed by atoms with Crippen LogP contribution in [-0.2, 0) is 7.05 Å². The van der Waals surface area contributed by atoms with Crippen LogP contribution in [0.15, 0.2) is 17.6 Å². The highest BCUT2D eigenvalue weighted by Crippen LogP contribution is 2.36. The largest absolute Gasteiger partial charge is 0.496 e. The highest BCUT2D eigenvalue weighted by molar-refractivity contribution is 7.10. The summed E-state index contributed by atoms with van der Waals surface area (Å²) < 4.78 is 12.3. The van der Waals surface area contributed by atoms with Gasteiger partial charge < -0.3 is 15.2 Å². The van der Waals surface area contributed by atoms with Crippen LogP contribution < -0.4 is 15.2 Å². The lowest BCUT2D eigenvalue weighted by Crippen LogP contribution is -2.16. The van der Waals surface area contributed by atoms with Gasteiger partial charge in [-0.1, -0.05) is 0 Å². The SMILES string of the molecule is COc1ccsc1C(N)c1c(OC)cnn1C. The second-order valence-electron chi connectivity index (χ2n) is 3.55. The van der Waals surface area contributed by atoms with E-state index in [1.807, 2.05) is 18.5 Å². The summed E-state index contributed by atoms with van der Waals surface area (Å²) in [5.41, 5.74) is 7.09. The van der Waals surface area contributed by atoms with Gasteiger partial charge in [-0.2, -0.15) is 5.10 Å². The molecule has 1 atom stereocenters. The van der Waals surface area contributed by atoms with Gasteiger partial charge >= 0.3 is 0 Å². The summed E-state index contributed by atoms with van der Waals surface area (Å²) in [5.74, 6) is 1.49. The maximum atomic E-state index is 6.25. The molecule has 0 fully saturated rings. The standard InChI is InChI=1S/C11H15N3O2S/c1-14-10(8(16-3)6-13-14)9(12)11-7(15-2)4-5-17-11/h4-6,9H,12H2,1-3H3. The maximum Gasteiger partial charge on any atom is 0.161 e. The van der Waals surface area contributed by atoms with Crippen molar-refractivity contribution in [3.63, 3.8) is 0 Å². The second kappa shape index (κ2) is 4.77. The van der Waals surface area contributed by atoms with Gasteiger partial charge in [0, 0.05) is 7.05 Å². The molecule has 2 aromatic heterocycles. The number of nitrogens with zero attached hydrogens (tertiary/aromatic N) is 2. The first-order valence-electron chi connectivity index (χ1n) is 5.11. The third kappa shape index (κ3) is 2.01. The minimum atomic E-state index is -0.299. The Morgan fingerprint density at radius 1 is 1.35 bits per heavy atom. The van der Waals surface area contributed by atoms with Gasteiger partial charge in [0.25, 0.3) is 0 Å². The van der Waals surface area contributed by atoms with Crippen LogP contribution in [0.1, 0.15) is 16.6 Å². The molecular weight excluding hydrogens is 238 g/mol. The van der Waals surface area contributed by atoms with Gasteiger partial charge in [-0.3, -0.25) is 4.68 Å². The van der Waals surface area contributed by atoms with Crippen LogP contribution in [0.5, 0.6) is 11.5 Å². The van der Waals surface area contributed by atoms with Gasteiger partial charge in [-0.15, -0.1) is 11.3 Å². The van der Waals surface area contributed by atoms with Crippen LogP contribution >= 0.6 is 11.3 Å². The number of aromatic nitrogens is 2. The number of hydrogen-bond acceptors (Lipinski definition) is 5. The minimum Gasteiger partial charge on any atom is -0.496 e. The van der Waals surface area contributed by atoms with E-state index in [4.69, 9.17) is 15.2 Å². The zero-order valence-corrected chi connectivity index (χ0v) is 10.8. The molecule has 0 saturated heterocycles. The van der Waals surface area contributed by atoms with Crippen LogP contribution in [-0.4, -0.2) is 24.0 Å². The molecule has 2 rings (SSSR count). The summed E-state index contributed by atoms with van der Waals surface area (Å²) in [6, 6.07) is 1.61. The molecule has 2 heterocycles. The molecule has 0 spiro atoms. The van der Waals surface area contributed by atoms with E-state index in [0.29, 0.717) is 5.75 Å². The number of ether oxygens (including phenoxy) is 2. The molecule has 6 heteroatoms. The fourth-order valence-electron chi connectivity index (χ4n) is 1.77.